The highest BCUT2D eigenvalue weighted by Crippen LogP contribution is 2.28. The molecule has 4 aromatic rings. The fraction of sp³-hybridized carbons (Fsp3) is 0.231. The van der Waals surface area contributed by atoms with Crippen molar-refractivity contribution in [3.63, 3.8) is 0 Å². The number of likely N-dealkylation sites (N-methyl/N-ethyl adjacent to an activating group) is 1. The molecule has 180 valence electrons. The van der Waals surface area contributed by atoms with Gasteiger partial charge in [-0.15, -0.1) is 5.10 Å². The van der Waals surface area contributed by atoms with Crippen LogP contribution >= 0.6 is 0 Å². The van der Waals surface area contributed by atoms with Gasteiger partial charge in [-0.1, -0.05) is 24.8 Å². The number of rotatable bonds is 6. The van der Waals surface area contributed by atoms with Gasteiger partial charge in [0.25, 0.3) is 0 Å². The normalized spacial score (nSPS) is 14.9. The SMILES string of the molecule is C=Cc1cc(-c2ccc(S(C)(=O)=O)cc2)n2nc(Nc3ccc(N4CCN(C)CC4)cc3)ncc12. The monoisotopic (exact) mass is 488 g/mol. The predicted octanol–water partition coefficient (Wildman–Crippen LogP) is 3.94. The fourth-order valence-corrected chi connectivity index (χ4v) is 4.89. The third-order valence-corrected chi connectivity index (χ3v) is 7.47. The second kappa shape index (κ2) is 9.16. The average Bonchev–Trinajstić information content (AvgIpc) is 3.23. The molecule has 0 aliphatic carbocycles. The summed E-state index contributed by atoms with van der Waals surface area (Å²) in [6, 6.07) is 17.1. The van der Waals surface area contributed by atoms with Crippen LogP contribution in [0.15, 0.2) is 72.3 Å². The Balaban J connectivity index is 1.42. The molecule has 0 unspecified atom stereocenters. The summed E-state index contributed by atoms with van der Waals surface area (Å²) in [5.74, 6) is 0.463. The van der Waals surface area contributed by atoms with Crippen molar-refractivity contribution in [3.8, 4) is 11.3 Å². The van der Waals surface area contributed by atoms with E-state index in [-0.39, 0.29) is 4.90 Å². The van der Waals surface area contributed by atoms with Crippen LogP contribution in [0, 0.1) is 0 Å². The third-order valence-electron chi connectivity index (χ3n) is 6.34. The van der Waals surface area contributed by atoms with Gasteiger partial charge in [0.1, 0.15) is 0 Å². The summed E-state index contributed by atoms with van der Waals surface area (Å²) >= 11 is 0. The van der Waals surface area contributed by atoms with Crippen LogP contribution in [-0.2, 0) is 9.84 Å². The van der Waals surface area contributed by atoms with Crippen molar-refractivity contribution in [1.29, 1.82) is 0 Å². The molecule has 0 spiro atoms. The number of hydrogen-bond acceptors (Lipinski definition) is 7. The first-order chi connectivity index (χ1) is 16.8. The van der Waals surface area contributed by atoms with Crippen LogP contribution in [0.2, 0.25) is 0 Å². The number of anilines is 3. The molecule has 1 fully saturated rings. The van der Waals surface area contributed by atoms with Gasteiger partial charge in [0.15, 0.2) is 9.84 Å². The molecule has 1 saturated heterocycles. The molecule has 0 bridgehead atoms. The summed E-state index contributed by atoms with van der Waals surface area (Å²) in [6.45, 7) is 8.09. The minimum absolute atomic E-state index is 0.281. The maximum absolute atomic E-state index is 11.8. The molecule has 3 heterocycles. The number of nitrogens with zero attached hydrogens (tertiary/aromatic N) is 5. The molecule has 0 atom stereocenters. The zero-order valence-corrected chi connectivity index (χ0v) is 20.7. The predicted molar refractivity (Wildman–Crippen MR) is 141 cm³/mol. The van der Waals surface area contributed by atoms with Crippen LogP contribution in [0.3, 0.4) is 0 Å². The summed E-state index contributed by atoms with van der Waals surface area (Å²) < 4.78 is 25.5. The van der Waals surface area contributed by atoms with E-state index in [0.29, 0.717) is 5.95 Å². The number of aromatic nitrogens is 3. The number of fused-ring (bicyclic) bond motifs is 1. The molecule has 0 saturated carbocycles. The van der Waals surface area contributed by atoms with E-state index in [4.69, 9.17) is 5.10 Å². The molecule has 1 aliphatic rings. The number of nitrogens with one attached hydrogen (secondary N) is 1. The second-order valence-electron chi connectivity index (χ2n) is 8.83. The highest BCUT2D eigenvalue weighted by Gasteiger charge is 2.15. The third kappa shape index (κ3) is 4.78. The molecular weight excluding hydrogens is 460 g/mol. The Morgan fingerprint density at radius 1 is 1.00 bits per heavy atom. The van der Waals surface area contributed by atoms with Gasteiger partial charge in [-0.05, 0) is 49.5 Å². The Morgan fingerprint density at radius 2 is 1.69 bits per heavy atom. The summed E-state index contributed by atoms with van der Waals surface area (Å²) in [7, 11) is -1.11. The number of sulfone groups is 1. The maximum atomic E-state index is 11.8. The lowest BCUT2D eigenvalue weighted by molar-refractivity contribution is 0.313. The highest BCUT2D eigenvalue weighted by molar-refractivity contribution is 7.90. The molecule has 0 radical (unpaired) electrons. The molecular formula is C26H28N6O2S. The van der Waals surface area contributed by atoms with Crippen LogP contribution in [-0.4, -0.2) is 67.4 Å². The van der Waals surface area contributed by atoms with Crippen LogP contribution in [0.4, 0.5) is 17.3 Å². The Bertz CT molecular complexity index is 1470. The molecule has 9 heteroatoms. The lowest BCUT2D eigenvalue weighted by Gasteiger charge is -2.34. The Morgan fingerprint density at radius 3 is 2.31 bits per heavy atom. The Hall–Kier alpha value is -3.69. The molecule has 2 aromatic carbocycles. The zero-order chi connectivity index (χ0) is 24.6. The van der Waals surface area contributed by atoms with Crippen LogP contribution in [0.25, 0.3) is 22.9 Å². The minimum Gasteiger partial charge on any atom is -0.369 e. The van der Waals surface area contributed by atoms with Gasteiger partial charge in [0.05, 0.1) is 22.3 Å². The van der Waals surface area contributed by atoms with Gasteiger partial charge in [-0.2, -0.15) is 0 Å². The molecule has 1 N–H and O–H groups in total. The van der Waals surface area contributed by atoms with E-state index in [9.17, 15) is 8.42 Å². The van der Waals surface area contributed by atoms with Crippen molar-refractivity contribution in [2.45, 2.75) is 4.90 Å². The second-order valence-corrected chi connectivity index (χ2v) is 10.8. The Labute approximate surface area is 205 Å². The van der Waals surface area contributed by atoms with Crippen LogP contribution in [0.5, 0.6) is 0 Å². The van der Waals surface area contributed by atoms with E-state index < -0.39 is 9.84 Å². The van der Waals surface area contributed by atoms with Crippen molar-refractivity contribution in [3.05, 3.63) is 72.9 Å². The lowest BCUT2D eigenvalue weighted by atomic mass is 10.1. The van der Waals surface area contributed by atoms with Gasteiger partial charge >= 0.3 is 0 Å². The van der Waals surface area contributed by atoms with Gasteiger partial charge in [0.2, 0.25) is 5.95 Å². The minimum atomic E-state index is -3.26. The quantitative estimate of drug-likeness (QED) is 0.440. The smallest absolute Gasteiger partial charge is 0.245 e. The van der Waals surface area contributed by atoms with Crippen molar-refractivity contribution < 1.29 is 8.42 Å². The van der Waals surface area contributed by atoms with E-state index >= 15 is 0 Å². The average molecular weight is 489 g/mol. The van der Waals surface area contributed by atoms with Gasteiger partial charge in [0, 0.05) is 54.9 Å². The molecule has 8 nitrogen and oxygen atoms in total. The zero-order valence-electron chi connectivity index (χ0n) is 19.8. The summed E-state index contributed by atoms with van der Waals surface area (Å²) in [5, 5.41) is 8.01. The summed E-state index contributed by atoms with van der Waals surface area (Å²) in [5.41, 5.74) is 5.50. The maximum Gasteiger partial charge on any atom is 0.245 e. The van der Waals surface area contributed by atoms with Crippen LogP contribution in [0.1, 0.15) is 5.56 Å². The van der Waals surface area contributed by atoms with Crippen molar-refractivity contribution in [1.82, 2.24) is 19.5 Å². The van der Waals surface area contributed by atoms with E-state index in [2.05, 4.69) is 45.9 Å². The molecule has 35 heavy (non-hydrogen) atoms. The van der Waals surface area contributed by atoms with Crippen LogP contribution < -0.4 is 10.2 Å². The van der Waals surface area contributed by atoms with E-state index in [0.717, 1.165) is 54.2 Å². The molecule has 2 aromatic heterocycles. The van der Waals surface area contributed by atoms with E-state index in [1.807, 2.05) is 18.2 Å². The largest absolute Gasteiger partial charge is 0.369 e. The standard InChI is InChI=1S/C26H28N6O2S/c1-4-19-17-24(20-5-11-23(12-6-20)35(3,33)34)32-25(19)18-27-26(29-32)28-21-7-9-22(10-8-21)31-15-13-30(2)14-16-31/h4-12,17-18H,1,13-16H2,2-3H3,(H,28,29). The highest BCUT2D eigenvalue weighted by atomic mass is 32.2. The van der Waals surface area contributed by atoms with Gasteiger partial charge in [-0.25, -0.2) is 17.9 Å². The molecule has 5 rings (SSSR count). The summed E-state index contributed by atoms with van der Waals surface area (Å²) in [4.78, 5) is 9.51. The van der Waals surface area contributed by atoms with E-state index in [1.54, 1.807) is 41.1 Å². The first-order valence-corrected chi connectivity index (χ1v) is 13.3. The molecule has 0 amide bonds. The van der Waals surface area contributed by atoms with E-state index in [1.165, 1.54) is 11.9 Å². The number of hydrogen-bond donors (Lipinski definition) is 1. The lowest BCUT2D eigenvalue weighted by Crippen LogP contribution is -2.44. The molecule has 1 aliphatic heterocycles. The first-order valence-electron chi connectivity index (χ1n) is 11.4. The fourth-order valence-electron chi connectivity index (χ4n) is 4.26. The first kappa shape index (κ1) is 23.1. The Kier molecular flexibility index (Phi) is 6.04. The summed E-state index contributed by atoms with van der Waals surface area (Å²) in [6.07, 6.45) is 4.73. The van der Waals surface area contributed by atoms with Gasteiger partial charge in [-0.3, -0.25) is 0 Å². The van der Waals surface area contributed by atoms with Crippen molar-refractivity contribution in [2.75, 3.05) is 49.7 Å². The number of benzene rings is 2. The number of piperazine rings is 1. The van der Waals surface area contributed by atoms with Crippen molar-refractivity contribution >= 4 is 38.8 Å². The van der Waals surface area contributed by atoms with Gasteiger partial charge < -0.3 is 15.1 Å². The topological polar surface area (TPSA) is 82.8 Å². The van der Waals surface area contributed by atoms with Crippen molar-refractivity contribution in [2.24, 2.45) is 0 Å².